The molecule has 174 valence electrons. The highest BCUT2D eigenvalue weighted by atomic mass is 79.9. The molecule has 3 amide bonds. The minimum absolute atomic E-state index is 0.0172. The summed E-state index contributed by atoms with van der Waals surface area (Å²) in [7, 11) is 2.14. The number of likely N-dealkylation sites (N-methyl/N-ethyl adjacent to an activating group) is 1. The number of piperazine rings is 1. The summed E-state index contributed by atoms with van der Waals surface area (Å²) < 4.78 is 6.98. The summed E-state index contributed by atoms with van der Waals surface area (Å²) in [5, 5.41) is 8.68. The molecule has 0 spiro atoms. The van der Waals surface area contributed by atoms with Crippen LogP contribution in [0.5, 0.6) is 0 Å². The van der Waals surface area contributed by atoms with Crippen LogP contribution in [0.3, 0.4) is 0 Å². The highest BCUT2D eigenvalue weighted by Crippen LogP contribution is 2.24. The fraction of sp³-hybridized carbons (Fsp3) is 0.591. The number of amides is 3. The van der Waals surface area contributed by atoms with Crippen LogP contribution >= 0.6 is 15.9 Å². The Kier molecular flexibility index (Phi) is 7.90. The fourth-order valence-corrected chi connectivity index (χ4v) is 4.38. The molecule has 3 fully saturated rings. The molecule has 0 aromatic heterocycles. The molecule has 2 unspecified atom stereocenters. The first-order valence-electron chi connectivity index (χ1n) is 11.2. The van der Waals surface area contributed by atoms with E-state index in [1.807, 2.05) is 24.3 Å². The normalized spacial score (nSPS) is 25.6. The number of nitrogens with one attached hydrogen (secondary N) is 1. The monoisotopic (exact) mass is 506 g/mol. The van der Waals surface area contributed by atoms with E-state index in [1.165, 1.54) is 9.91 Å². The maximum absolute atomic E-state index is 12.6. The first kappa shape index (κ1) is 23.3. The van der Waals surface area contributed by atoms with Crippen molar-refractivity contribution in [3.63, 3.8) is 0 Å². The topological polar surface area (TPSA) is 80.7 Å². The van der Waals surface area contributed by atoms with Gasteiger partial charge in [-0.2, -0.15) is 5.10 Å². The van der Waals surface area contributed by atoms with Gasteiger partial charge in [-0.15, -0.1) is 0 Å². The van der Waals surface area contributed by atoms with Crippen molar-refractivity contribution in [2.24, 2.45) is 5.10 Å². The van der Waals surface area contributed by atoms with Crippen LogP contribution in [0.25, 0.3) is 0 Å². The highest BCUT2D eigenvalue weighted by Gasteiger charge is 2.36. The number of ether oxygens (including phenoxy) is 1. The van der Waals surface area contributed by atoms with Crippen molar-refractivity contribution < 1.29 is 14.3 Å². The largest absolute Gasteiger partial charge is 0.349 e. The van der Waals surface area contributed by atoms with Crippen LogP contribution in [0.15, 0.2) is 33.8 Å². The van der Waals surface area contributed by atoms with Gasteiger partial charge in [0.05, 0.1) is 12.3 Å². The van der Waals surface area contributed by atoms with Gasteiger partial charge in [-0.25, -0.2) is 9.80 Å². The highest BCUT2D eigenvalue weighted by molar-refractivity contribution is 9.10. The molecule has 32 heavy (non-hydrogen) atoms. The van der Waals surface area contributed by atoms with E-state index in [0.29, 0.717) is 13.1 Å². The Morgan fingerprint density at radius 1 is 1.12 bits per heavy atom. The van der Waals surface area contributed by atoms with E-state index >= 15 is 0 Å². The number of hydrogen-bond acceptors (Lipinski definition) is 7. The quantitative estimate of drug-likeness (QED) is 0.328. The SMILES string of the molecule is CN1CCN(CCCCN2C(=O)CN(/N=C/C3NCC(c4ccc(Br)cc4)O3)C2=O)CC1. The number of rotatable bonds is 8. The molecule has 10 heteroatoms. The molecular weight excluding hydrogens is 476 g/mol. The van der Waals surface area contributed by atoms with Crippen molar-refractivity contribution in [1.82, 2.24) is 25.0 Å². The summed E-state index contributed by atoms with van der Waals surface area (Å²) in [6.45, 7) is 6.46. The third-order valence-electron chi connectivity index (χ3n) is 6.14. The van der Waals surface area contributed by atoms with Crippen LogP contribution in [0.4, 0.5) is 4.79 Å². The fourth-order valence-electron chi connectivity index (χ4n) is 4.11. The lowest BCUT2D eigenvalue weighted by Gasteiger charge is -2.32. The van der Waals surface area contributed by atoms with E-state index < -0.39 is 6.23 Å². The number of carbonyl (C=O) groups excluding carboxylic acids is 2. The lowest BCUT2D eigenvalue weighted by Crippen LogP contribution is -2.44. The number of hydrazone groups is 1. The summed E-state index contributed by atoms with van der Waals surface area (Å²) in [5.74, 6) is -0.195. The Bertz CT molecular complexity index is 827. The van der Waals surface area contributed by atoms with Gasteiger partial charge in [-0.3, -0.25) is 15.0 Å². The molecule has 3 aliphatic rings. The first-order valence-corrected chi connectivity index (χ1v) is 12.0. The third kappa shape index (κ3) is 5.93. The Balaban J connectivity index is 1.20. The maximum atomic E-state index is 12.6. The van der Waals surface area contributed by atoms with Gasteiger partial charge >= 0.3 is 6.03 Å². The molecule has 0 saturated carbocycles. The summed E-state index contributed by atoms with van der Waals surface area (Å²) in [4.78, 5) is 31.0. The number of hydrogen-bond donors (Lipinski definition) is 1. The summed E-state index contributed by atoms with van der Waals surface area (Å²) in [5.41, 5.74) is 1.08. The standard InChI is InChI=1S/C22H31BrN6O3/c1-26-10-12-27(13-11-26)8-2-3-9-28-21(30)16-29(22(28)31)25-15-20-24-14-19(32-20)17-4-6-18(23)7-5-17/h4-7,15,19-20,24H,2-3,8-14,16H2,1H3/b25-15+. The summed E-state index contributed by atoms with van der Waals surface area (Å²) in [6.07, 6.45) is 2.86. The van der Waals surface area contributed by atoms with Gasteiger partial charge in [-0.1, -0.05) is 28.1 Å². The Morgan fingerprint density at radius 2 is 1.84 bits per heavy atom. The third-order valence-corrected chi connectivity index (χ3v) is 6.67. The van der Waals surface area contributed by atoms with Crippen LogP contribution in [0, 0.1) is 0 Å². The minimum Gasteiger partial charge on any atom is -0.349 e. The Hall–Kier alpha value is -1.85. The van der Waals surface area contributed by atoms with Crippen molar-refractivity contribution in [3.05, 3.63) is 34.3 Å². The van der Waals surface area contributed by atoms with Crippen molar-refractivity contribution in [1.29, 1.82) is 0 Å². The number of benzene rings is 1. The molecule has 0 radical (unpaired) electrons. The zero-order valence-electron chi connectivity index (χ0n) is 18.5. The first-order chi connectivity index (χ1) is 15.5. The van der Waals surface area contributed by atoms with Crippen molar-refractivity contribution in [2.45, 2.75) is 25.2 Å². The molecular formula is C22H31BrN6O3. The molecule has 0 bridgehead atoms. The molecule has 9 nitrogen and oxygen atoms in total. The molecule has 2 atom stereocenters. The van der Waals surface area contributed by atoms with Gasteiger partial charge in [-0.05, 0) is 44.1 Å². The van der Waals surface area contributed by atoms with Crippen LogP contribution in [-0.4, -0.2) is 103 Å². The van der Waals surface area contributed by atoms with Crippen LogP contribution in [0.1, 0.15) is 24.5 Å². The maximum Gasteiger partial charge on any atom is 0.347 e. The van der Waals surface area contributed by atoms with E-state index in [4.69, 9.17) is 4.74 Å². The summed E-state index contributed by atoms with van der Waals surface area (Å²) in [6, 6.07) is 7.64. The van der Waals surface area contributed by atoms with Gasteiger partial charge in [0.1, 0.15) is 12.8 Å². The molecule has 3 aliphatic heterocycles. The molecule has 3 heterocycles. The van der Waals surface area contributed by atoms with E-state index in [9.17, 15) is 9.59 Å². The van der Waals surface area contributed by atoms with Gasteiger partial charge in [0.25, 0.3) is 5.91 Å². The molecule has 4 rings (SSSR count). The second kappa shape index (κ2) is 10.8. The molecule has 1 aromatic carbocycles. The average molecular weight is 507 g/mol. The number of carbonyl (C=O) groups is 2. The summed E-state index contributed by atoms with van der Waals surface area (Å²) >= 11 is 3.43. The van der Waals surface area contributed by atoms with Crippen molar-refractivity contribution >= 4 is 34.1 Å². The zero-order chi connectivity index (χ0) is 22.5. The van der Waals surface area contributed by atoms with Crippen LogP contribution < -0.4 is 5.32 Å². The number of imide groups is 1. The number of halogens is 1. The smallest absolute Gasteiger partial charge is 0.347 e. The van der Waals surface area contributed by atoms with Gasteiger partial charge in [0.15, 0.2) is 0 Å². The van der Waals surface area contributed by atoms with Gasteiger partial charge in [0, 0.05) is 43.7 Å². The molecule has 0 aliphatic carbocycles. The van der Waals surface area contributed by atoms with E-state index in [-0.39, 0.29) is 24.6 Å². The molecule has 1 aromatic rings. The number of urea groups is 1. The minimum atomic E-state index is -0.399. The lowest BCUT2D eigenvalue weighted by atomic mass is 10.1. The predicted molar refractivity (Wildman–Crippen MR) is 125 cm³/mol. The van der Waals surface area contributed by atoms with Crippen molar-refractivity contribution in [2.75, 3.05) is 59.4 Å². The number of nitrogens with zero attached hydrogens (tertiary/aromatic N) is 5. The Morgan fingerprint density at radius 3 is 2.59 bits per heavy atom. The van der Waals surface area contributed by atoms with Crippen LogP contribution in [0.2, 0.25) is 0 Å². The lowest BCUT2D eigenvalue weighted by molar-refractivity contribution is -0.125. The molecule has 1 N–H and O–H groups in total. The second-order valence-corrected chi connectivity index (χ2v) is 9.42. The second-order valence-electron chi connectivity index (χ2n) is 8.51. The van der Waals surface area contributed by atoms with E-state index in [0.717, 1.165) is 55.6 Å². The number of unbranched alkanes of at least 4 members (excludes halogenated alkanes) is 1. The van der Waals surface area contributed by atoms with Gasteiger partial charge in [0.2, 0.25) is 0 Å². The van der Waals surface area contributed by atoms with Crippen LogP contribution in [-0.2, 0) is 9.53 Å². The van der Waals surface area contributed by atoms with Crippen molar-refractivity contribution in [3.8, 4) is 0 Å². The van der Waals surface area contributed by atoms with E-state index in [2.05, 4.69) is 43.2 Å². The average Bonchev–Trinajstić information content (AvgIpc) is 3.36. The zero-order valence-corrected chi connectivity index (χ0v) is 20.0. The predicted octanol–water partition coefficient (Wildman–Crippen LogP) is 1.71. The Labute approximate surface area is 197 Å². The van der Waals surface area contributed by atoms with E-state index in [1.54, 1.807) is 6.21 Å². The van der Waals surface area contributed by atoms with Gasteiger partial charge < -0.3 is 14.5 Å². The molecule has 3 saturated heterocycles.